The lowest BCUT2D eigenvalue weighted by atomic mass is 9.97. The molecule has 5 heteroatoms. The molecule has 0 spiro atoms. The summed E-state index contributed by atoms with van der Waals surface area (Å²) in [5, 5.41) is 7.91. The monoisotopic (exact) mass is 432 g/mol. The highest BCUT2D eigenvalue weighted by Gasteiger charge is 2.21. The predicted octanol–water partition coefficient (Wildman–Crippen LogP) is 5.73. The Balaban J connectivity index is 1.87. The number of thiophene rings is 1. The van der Waals surface area contributed by atoms with Crippen LogP contribution in [-0.4, -0.2) is 11.8 Å². The topological polar surface area (TPSA) is 58.2 Å². The maximum atomic E-state index is 13.3. The third-order valence-electron chi connectivity index (χ3n) is 4.93. The maximum Gasteiger partial charge on any atom is 0.268 e. The van der Waals surface area contributed by atoms with Crippen LogP contribution in [0.5, 0.6) is 0 Å². The molecular weight excluding hydrogens is 404 g/mol. The van der Waals surface area contributed by atoms with Crippen LogP contribution >= 0.6 is 11.3 Å². The Labute approximate surface area is 188 Å². The summed E-state index contributed by atoms with van der Waals surface area (Å²) in [5.41, 5.74) is 2.69. The molecule has 0 aliphatic carbocycles. The predicted molar refractivity (Wildman–Crippen MR) is 128 cm³/mol. The molecule has 3 rings (SSSR count). The van der Waals surface area contributed by atoms with E-state index in [1.165, 1.54) is 11.3 Å². The molecule has 4 nitrogen and oxygen atoms in total. The highest BCUT2D eigenvalue weighted by Crippen LogP contribution is 2.22. The van der Waals surface area contributed by atoms with Crippen LogP contribution in [0.1, 0.15) is 52.7 Å². The Bertz CT molecular complexity index is 1040. The molecule has 0 aliphatic heterocycles. The first-order chi connectivity index (χ1) is 14.9. The molecule has 1 atom stereocenters. The second-order valence-electron chi connectivity index (χ2n) is 7.91. The van der Waals surface area contributed by atoms with E-state index in [0.717, 1.165) is 22.4 Å². The van der Waals surface area contributed by atoms with Gasteiger partial charge >= 0.3 is 0 Å². The zero-order valence-corrected chi connectivity index (χ0v) is 18.9. The van der Waals surface area contributed by atoms with Crippen LogP contribution in [0.2, 0.25) is 0 Å². The average molecular weight is 433 g/mol. The van der Waals surface area contributed by atoms with Gasteiger partial charge in [-0.05, 0) is 54.0 Å². The van der Waals surface area contributed by atoms with Crippen LogP contribution in [0.15, 0.2) is 77.8 Å². The van der Waals surface area contributed by atoms with E-state index in [1.54, 1.807) is 12.1 Å². The van der Waals surface area contributed by atoms with E-state index in [4.69, 9.17) is 0 Å². The number of hydrogen-bond acceptors (Lipinski definition) is 3. The highest BCUT2D eigenvalue weighted by molar-refractivity contribution is 7.10. The fourth-order valence-corrected chi connectivity index (χ4v) is 4.02. The molecule has 1 aromatic heterocycles. The Morgan fingerprint density at radius 2 is 1.68 bits per heavy atom. The van der Waals surface area contributed by atoms with Gasteiger partial charge in [-0.2, -0.15) is 0 Å². The van der Waals surface area contributed by atoms with Crippen molar-refractivity contribution in [2.45, 2.75) is 33.2 Å². The second-order valence-corrected chi connectivity index (χ2v) is 8.89. The summed E-state index contributed by atoms with van der Waals surface area (Å²) in [6, 6.07) is 21.0. The van der Waals surface area contributed by atoms with Crippen molar-refractivity contribution in [1.82, 2.24) is 10.6 Å². The van der Waals surface area contributed by atoms with Gasteiger partial charge in [0.05, 0.1) is 6.04 Å². The fourth-order valence-electron chi connectivity index (χ4n) is 3.36. The Hall–Kier alpha value is -3.18. The number of hydrogen-bond donors (Lipinski definition) is 2. The van der Waals surface area contributed by atoms with Crippen LogP contribution in [0, 0.1) is 12.8 Å². The first-order valence-corrected chi connectivity index (χ1v) is 11.3. The summed E-state index contributed by atoms with van der Waals surface area (Å²) in [6.07, 6.45) is 2.53. The molecule has 31 heavy (non-hydrogen) atoms. The largest absolute Gasteiger partial charge is 0.344 e. The lowest BCUT2D eigenvalue weighted by molar-refractivity contribution is -0.118. The van der Waals surface area contributed by atoms with E-state index in [2.05, 4.69) is 24.5 Å². The summed E-state index contributed by atoms with van der Waals surface area (Å²) in [4.78, 5) is 27.1. The molecule has 2 N–H and O–H groups in total. The number of rotatable bonds is 8. The van der Waals surface area contributed by atoms with Crippen molar-refractivity contribution in [2.24, 2.45) is 5.92 Å². The van der Waals surface area contributed by atoms with Gasteiger partial charge in [0.2, 0.25) is 0 Å². The van der Waals surface area contributed by atoms with Crippen LogP contribution in [0.3, 0.4) is 0 Å². The van der Waals surface area contributed by atoms with Gasteiger partial charge < -0.3 is 10.6 Å². The zero-order valence-electron chi connectivity index (χ0n) is 18.1. The van der Waals surface area contributed by atoms with Gasteiger partial charge in [-0.1, -0.05) is 68.4 Å². The summed E-state index contributed by atoms with van der Waals surface area (Å²) in [6.45, 7) is 6.14. The number of amides is 2. The fraction of sp³-hybridized carbons (Fsp3) is 0.231. The van der Waals surface area contributed by atoms with Gasteiger partial charge in [-0.25, -0.2) is 0 Å². The zero-order chi connectivity index (χ0) is 22.2. The van der Waals surface area contributed by atoms with E-state index in [-0.39, 0.29) is 23.6 Å². The van der Waals surface area contributed by atoms with Crippen LogP contribution in [0.25, 0.3) is 6.08 Å². The summed E-state index contributed by atoms with van der Waals surface area (Å²) < 4.78 is 0. The van der Waals surface area contributed by atoms with Crippen molar-refractivity contribution in [2.75, 3.05) is 0 Å². The van der Waals surface area contributed by atoms with Crippen LogP contribution < -0.4 is 10.6 Å². The third-order valence-corrected chi connectivity index (χ3v) is 5.75. The molecular formula is C26H28N2O2S. The normalized spacial score (nSPS) is 12.5. The van der Waals surface area contributed by atoms with Gasteiger partial charge in [0.1, 0.15) is 5.70 Å². The van der Waals surface area contributed by atoms with Crippen molar-refractivity contribution >= 4 is 29.2 Å². The number of carbonyl (C=O) groups is 2. The van der Waals surface area contributed by atoms with Gasteiger partial charge in [-0.3, -0.25) is 9.59 Å². The molecule has 0 saturated heterocycles. The molecule has 3 aromatic rings. The van der Waals surface area contributed by atoms with Gasteiger partial charge in [0.25, 0.3) is 11.8 Å². The highest BCUT2D eigenvalue weighted by atomic mass is 32.1. The summed E-state index contributed by atoms with van der Waals surface area (Å²) in [7, 11) is 0. The van der Waals surface area contributed by atoms with Crippen molar-refractivity contribution in [3.05, 3.63) is 99.4 Å². The second kappa shape index (κ2) is 10.7. The molecule has 0 aliphatic rings. The third kappa shape index (κ3) is 6.40. The van der Waals surface area contributed by atoms with E-state index < -0.39 is 0 Å². The quantitative estimate of drug-likeness (QED) is 0.447. The molecule has 0 unspecified atom stereocenters. The van der Waals surface area contributed by atoms with Crippen molar-refractivity contribution in [1.29, 1.82) is 0 Å². The van der Waals surface area contributed by atoms with Gasteiger partial charge in [0, 0.05) is 10.4 Å². The average Bonchev–Trinajstić information content (AvgIpc) is 3.26. The lowest BCUT2D eigenvalue weighted by Gasteiger charge is -2.22. The minimum Gasteiger partial charge on any atom is -0.344 e. The summed E-state index contributed by atoms with van der Waals surface area (Å²) >= 11 is 1.51. The number of benzene rings is 2. The molecule has 2 aromatic carbocycles. The van der Waals surface area contributed by atoms with Crippen molar-refractivity contribution in [3.8, 4) is 0 Å². The minimum atomic E-state index is -0.301. The molecule has 0 radical (unpaired) electrons. The van der Waals surface area contributed by atoms with Gasteiger partial charge in [-0.15, -0.1) is 11.3 Å². The molecule has 2 amide bonds. The van der Waals surface area contributed by atoms with Crippen LogP contribution in [0.4, 0.5) is 0 Å². The smallest absolute Gasteiger partial charge is 0.268 e. The Morgan fingerprint density at radius 3 is 2.32 bits per heavy atom. The maximum absolute atomic E-state index is 13.3. The Morgan fingerprint density at radius 1 is 0.968 bits per heavy atom. The van der Waals surface area contributed by atoms with Crippen molar-refractivity contribution < 1.29 is 9.59 Å². The molecule has 160 valence electrons. The van der Waals surface area contributed by atoms with E-state index in [9.17, 15) is 9.59 Å². The van der Waals surface area contributed by atoms with E-state index in [0.29, 0.717) is 11.5 Å². The molecule has 0 bridgehead atoms. The SMILES string of the molecule is Cc1ccccc1C(=O)N/C(=C\c1cccs1)C(=O)N[C@H](CC(C)C)c1ccccc1. The first kappa shape index (κ1) is 22.5. The summed E-state index contributed by atoms with van der Waals surface area (Å²) in [5.74, 6) is -0.196. The number of aryl methyl sites for hydroxylation is 1. The van der Waals surface area contributed by atoms with Gasteiger partial charge in [0.15, 0.2) is 0 Å². The van der Waals surface area contributed by atoms with Crippen LogP contribution in [-0.2, 0) is 4.79 Å². The molecule has 0 saturated carbocycles. The molecule has 1 heterocycles. The number of carbonyl (C=O) groups excluding carboxylic acids is 2. The van der Waals surface area contributed by atoms with E-state index in [1.807, 2.05) is 73.0 Å². The van der Waals surface area contributed by atoms with E-state index >= 15 is 0 Å². The number of nitrogens with one attached hydrogen (secondary N) is 2. The standard InChI is InChI=1S/C26H28N2O2S/c1-18(2)16-23(20-11-5-4-6-12-20)27-26(30)24(17-21-13-9-15-31-21)28-25(29)22-14-8-7-10-19(22)3/h4-15,17-18,23H,16H2,1-3H3,(H,27,30)(H,28,29)/b24-17-/t23-/m1/s1. The van der Waals surface area contributed by atoms with Crippen molar-refractivity contribution in [3.63, 3.8) is 0 Å². The first-order valence-electron chi connectivity index (χ1n) is 10.4. The lowest BCUT2D eigenvalue weighted by Crippen LogP contribution is -2.37. The Kier molecular flexibility index (Phi) is 7.79. The molecule has 0 fully saturated rings. The minimum absolute atomic E-state index is 0.143.